The molecule has 2 saturated carbocycles. The molecular formula is C24H44N2O4. The molecule has 0 radical (unpaired) electrons. The molecule has 2 rings (SSSR count). The largest absolute Gasteiger partial charge is 0.461 e. The molecule has 2 aliphatic carbocycles. The summed E-state index contributed by atoms with van der Waals surface area (Å²) in [7, 11) is 0. The van der Waals surface area contributed by atoms with Crippen LogP contribution in [0.1, 0.15) is 98.8 Å². The standard InChI is InChI=1S/C24H44N2O4/c1-16(2)25-18(4)23(27)30-22-13-11-20(12-14-22)15-17(3)26-19(5)24(28)29-21-9-7-6-8-10-21/h16-22,25-26H,6-15H2,1-5H3/t17?,18-,19?,20?,22?/m1/s1. The van der Waals surface area contributed by atoms with Gasteiger partial charge in [0.15, 0.2) is 0 Å². The molecule has 0 bridgehead atoms. The maximum atomic E-state index is 12.4. The van der Waals surface area contributed by atoms with Crippen molar-refractivity contribution in [2.45, 2.75) is 135 Å². The number of ether oxygens (including phenoxy) is 2. The Morgan fingerprint density at radius 3 is 1.77 bits per heavy atom. The number of carbonyl (C=O) groups is 2. The molecule has 30 heavy (non-hydrogen) atoms. The second-order valence-corrected chi connectivity index (χ2v) is 9.84. The monoisotopic (exact) mass is 424 g/mol. The van der Waals surface area contributed by atoms with Crippen LogP contribution in [0.15, 0.2) is 0 Å². The maximum Gasteiger partial charge on any atom is 0.323 e. The van der Waals surface area contributed by atoms with Crippen molar-refractivity contribution >= 4 is 11.9 Å². The average Bonchev–Trinajstić information content (AvgIpc) is 2.69. The third-order valence-electron chi connectivity index (χ3n) is 6.42. The summed E-state index contributed by atoms with van der Waals surface area (Å²) in [4.78, 5) is 24.6. The van der Waals surface area contributed by atoms with Gasteiger partial charge in [-0.1, -0.05) is 20.3 Å². The van der Waals surface area contributed by atoms with Crippen LogP contribution in [0.4, 0.5) is 0 Å². The SMILES string of the molecule is CC(C)N[C@H](C)C(=O)OC1CCC(CC(C)NC(C)C(=O)OC2CCCCC2)CC1. The van der Waals surface area contributed by atoms with Crippen LogP contribution in [0.2, 0.25) is 0 Å². The lowest BCUT2D eigenvalue weighted by molar-refractivity contribution is -0.153. The normalized spacial score (nSPS) is 26.1. The molecule has 6 nitrogen and oxygen atoms in total. The van der Waals surface area contributed by atoms with Crippen molar-refractivity contribution < 1.29 is 19.1 Å². The molecule has 0 aromatic heterocycles. The van der Waals surface area contributed by atoms with E-state index >= 15 is 0 Å². The number of hydrogen-bond donors (Lipinski definition) is 2. The van der Waals surface area contributed by atoms with Crippen LogP contribution >= 0.6 is 0 Å². The Morgan fingerprint density at radius 1 is 0.733 bits per heavy atom. The van der Waals surface area contributed by atoms with Crippen LogP contribution in [-0.4, -0.2) is 48.3 Å². The van der Waals surface area contributed by atoms with Gasteiger partial charge in [0.25, 0.3) is 0 Å². The minimum Gasteiger partial charge on any atom is -0.461 e. The lowest BCUT2D eigenvalue weighted by Gasteiger charge is -2.31. The van der Waals surface area contributed by atoms with E-state index in [2.05, 4.69) is 17.6 Å². The maximum absolute atomic E-state index is 12.4. The number of hydrogen-bond acceptors (Lipinski definition) is 6. The van der Waals surface area contributed by atoms with E-state index < -0.39 is 0 Å². The molecule has 0 aromatic carbocycles. The molecule has 2 unspecified atom stereocenters. The second-order valence-electron chi connectivity index (χ2n) is 9.84. The highest BCUT2D eigenvalue weighted by Gasteiger charge is 2.28. The summed E-state index contributed by atoms with van der Waals surface area (Å²) in [5.41, 5.74) is 0. The summed E-state index contributed by atoms with van der Waals surface area (Å²) in [6, 6.07) is -0.00570. The van der Waals surface area contributed by atoms with Crippen molar-refractivity contribution in [3.8, 4) is 0 Å². The zero-order valence-corrected chi connectivity index (χ0v) is 19.7. The van der Waals surface area contributed by atoms with Crippen molar-refractivity contribution in [3.63, 3.8) is 0 Å². The van der Waals surface area contributed by atoms with Crippen LogP contribution in [-0.2, 0) is 19.1 Å². The Kier molecular flexibility index (Phi) is 10.6. The van der Waals surface area contributed by atoms with E-state index in [4.69, 9.17) is 9.47 Å². The summed E-state index contributed by atoms with van der Waals surface area (Å²) in [5, 5.41) is 6.62. The molecule has 174 valence electrons. The Balaban J connectivity index is 1.64. The van der Waals surface area contributed by atoms with Gasteiger partial charge >= 0.3 is 11.9 Å². The summed E-state index contributed by atoms with van der Waals surface area (Å²) in [6.45, 7) is 9.98. The number of esters is 2. The molecule has 3 atom stereocenters. The summed E-state index contributed by atoms with van der Waals surface area (Å²) < 4.78 is 11.4. The van der Waals surface area contributed by atoms with Crippen LogP contribution in [0.25, 0.3) is 0 Å². The quantitative estimate of drug-likeness (QED) is 0.514. The lowest BCUT2D eigenvalue weighted by atomic mass is 9.83. The predicted molar refractivity (Wildman–Crippen MR) is 119 cm³/mol. The highest BCUT2D eigenvalue weighted by Crippen LogP contribution is 2.30. The van der Waals surface area contributed by atoms with E-state index in [1.807, 2.05) is 27.7 Å². The van der Waals surface area contributed by atoms with Crippen LogP contribution in [0.3, 0.4) is 0 Å². The highest BCUT2D eigenvalue weighted by atomic mass is 16.5. The van der Waals surface area contributed by atoms with E-state index in [0.717, 1.165) is 44.9 Å². The molecule has 0 aliphatic heterocycles. The number of carbonyl (C=O) groups excluding carboxylic acids is 2. The van der Waals surface area contributed by atoms with Gasteiger partial charge < -0.3 is 20.1 Å². The fourth-order valence-electron chi connectivity index (χ4n) is 4.83. The summed E-state index contributed by atoms with van der Waals surface area (Å²) in [6.07, 6.45) is 10.8. The molecule has 0 spiro atoms. The zero-order valence-electron chi connectivity index (χ0n) is 19.7. The van der Waals surface area contributed by atoms with Gasteiger partial charge in [0.05, 0.1) is 0 Å². The Hall–Kier alpha value is -1.14. The van der Waals surface area contributed by atoms with E-state index in [-0.39, 0.29) is 48.3 Å². The molecule has 0 saturated heterocycles. The van der Waals surface area contributed by atoms with Gasteiger partial charge in [0, 0.05) is 12.1 Å². The number of rotatable bonds is 10. The second kappa shape index (κ2) is 12.7. The first kappa shape index (κ1) is 25.1. The molecule has 0 amide bonds. The lowest BCUT2D eigenvalue weighted by Crippen LogP contribution is -2.43. The van der Waals surface area contributed by atoms with Crippen molar-refractivity contribution in [2.75, 3.05) is 0 Å². The van der Waals surface area contributed by atoms with E-state index in [1.165, 1.54) is 19.3 Å². The van der Waals surface area contributed by atoms with Crippen molar-refractivity contribution in [2.24, 2.45) is 5.92 Å². The average molecular weight is 425 g/mol. The molecule has 2 fully saturated rings. The minimum absolute atomic E-state index is 0.0397. The van der Waals surface area contributed by atoms with Gasteiger partial charge in [0.1, 0.15) is 24.3 Å². The van der Waals surface area contributed by atoms with E-state index in [0.29, 0.717) is 5.92 Å². The topological polar surface area (TPSA) is 76.7 Å². The van der Waals surface area contributed by atoms with Gasteiger partial charge in [-0.15, -0.1) is 0 Å². The fourth-order valence-corrected chi connectivity index (χ4v) is 4.83. The first-order valence-electron chi connectivity index (χ1n) is 12.2. The van der Waals surface area contributed by atoms with Gasteiger partial charge in [-0.3, -0.25) is 9.59 Å². The van der Waals surface area contributed by atoms with Crippen molar-refractivity contribution in [3.05, 3.63) is 0 Å². The molecule has 6 heteroatoms. The molecule has 0 aromatic rings. The van der Waals surface area contributed by atoms with Gasteiger partial charge in [-0.05, 0) is 84.5 Å². The van der Waals surface area contributed by atoms with Crippen LogP contribution in [0, 0.1) is 5.92 Å². The van der Waals surface area contributed by atoms with Gasteiger partial charge in [-0.2, -0.15) is 0 Å². The Labute approximate surface area is 183 Å². The summed E-state index contributed by atoms with van der Waals surface area (Å²) >= 11 is 0. The third kappa shape index (κ3) is 8.93. The zero-order chi connectivity index (χ0) is 22.1. The smallest absolute Gasteiger partial charge is 0.323 e. The van der Waals surface area contributed by atoms with Crippen molar-refractivity contribution in [1.29, 1.82) is 0 Å². The van der Waals surface area contributed by atoms with Crippen molar-refractivity contribution in [1.82, 2.24) is 10.6 Å². The Morgan fingerprint density at radius 2 is 1.23 bits per heavy atom. The highest BCUT2D eigenvalue weighted by molar-refractivity contribution is 5.75. The third-order valence-corrected chi connectivity index (χ3v) is 6.42. The van der Waals surface area contributed by atoms with Crippen LogP contribution in [0.5, 0.6) is 0 Å². The first-order valence-corrected chi connectivity index (χ1v) is 12.2. The first-order chi connectivity index (χ1) is 14.2. The molecular weight excluding hydrogens is 380 g/mol. The fraction of sp³-hybridized carbons (Fsp3) is 0.917. The number of nitrogens with one attached hydrogen (secondary N) is 2. The predicted octanol–water partition coefficient (Wildman–Crippen LogP) is 4.11. The minimum atomic E-state index is -0.269. The van der Waals surface area contributed by atoms with E-state index in [1.54, 1.807) is 0 Å². The molecule has 2 aliphatic rings. The summed E-state index contributed by atoms with van der Waals surface area (Å²) in [5.74, 6) is 0.344. The molecule has 2 N–H and O–H groups in total. The van der Waals surface area contributed by atoms with E-state index in [9.17, 15) is 9.59 Å². The van der Waals surface area contributed by atoms with Gasteiger partial charge in [-0.25, -0.2) is 0 Å². The molecule has 0 heterocycles. The van der Waals surface area contributed by atoms with Crippen LogP contribution < -0.4 is 10.6 Å². The van der Waals surface area contributed by atoms with Gasteiger partial charge in [0.2, 0.25) is 0 Å². The Bertz CT molecular complexity index is 525.